The van der Waals surface area contributed by atoms with Gasteiger partial charge in [-0.25, -0.2) is 18.4 Å². The molecule has 0 aromatic carbocycles. The lowest BCUT2D eigenvalue weighted by Crippen LogP contribution is -2.33. The van der Waals surface area contributed by atoms with E-state index in [0.29, 0.717) is 11.6 Å². The van der Waals surface area contributed by atoms with Gasteiger partial charge in [-0.1, -0.05) is 0 Å². The van der Waals surface area contributed by atoms with Crippen molar-refractivity contribution in [3.63, 3.8) is 0 Å². The van der Waals surface area contributed by atoms with Crippen molar-refractivity contribution in [2.45, 2.75) is 19.1 Å². The molecule has 1 saturated heterocycles. The van der Waals surface area contributed by atoms with Gasteiger partial charge in [-0.3, -0.25) is 0 Å². The van der Waals surface area contributed by atoms with Gasteiger partial charge in [-0.15, -0.1) is 0 Å². The SMILES string of the molecule is CO[C@@H]1CS(=O)(=O)C[C@H]1Nc1ccnc(C)n1. The van der Waals surface area contributed by atoms with E-state index in [1.54, 1.807) is 19.2 Å². The van der Waals surface area contributed by atoms with Crippen molar-refractivity contribution in [3.05, 3.63) is 18.1 Å². The largest absolute Gasteiger partial charge is 0.378 e. The quantitative estimate of drug-likeness (QED) is 0.821. The number of ether oxygens (including phenoxy) is 1. The van der Waals surface area contributed by atoms with Crippen molar-refractivity contribution < 1.29 is 13.2 Å². The number of methoxy groups -OCH3 is 1. The number of hydrogen-bond acceptors (Lipinski definition) is 6. The predicted octanol–water partition coefficient (Wildman–Crippen LogP) is 0.00892. The number of aryl methyl sites for hydroxylation is 1. The summed E-state index contributed by atoms with van der Waals surface area (Å²) < 4.78 is 28.2. The number of sulfone groups is 1. The van der Waals surface area contributed by atoms with Crippen molar-refractivity contribution in [2.24, 2.45) is 0 Å². The van der Waals surface area contributed by atoms with Crippen LogP contribution in [-0.4, -0.2) is 49.1 Å². The van der Waals surface area contributed by atoms with E-state index in [-0.39, 0.29) is 23.7 Å². The van der Waals surface area contributed by atoms with Crippen LogP contribution in [0.4, 0.5) is 5.82 Å². The zero-order chi connectivity index (χ0) is 12.5. The average molecular weight is 257 g/mol. The summed E-state index contributed by atoms with van der Waals surface area (Å²) in [6.07, 6.45) is 1.31. The van der Waals surface area contributed by atoms with Crippen LogP contribution in [0.1, 0.15) is 5.82 Å². The lowest BCUT2D eigenvalue weighted by Gasteiger charge is -2.18. The molecular formula is C10H15N3O3S. The Kier molecular flexibility index (Phi) is 3.30. The second-order valence-corrected chi connectivity index (χ2v) is 6.24. The Hall–Kier alpha value is -1.21. The van der Waals surface area contributed by atoms with Crippen molar-refractivity contribution in [2.75, 3.05) is 23.9 Å². The van der Waals surface area contributed by atoms with Gasteiger partial charge in [-0.05, 0) is 13.0 Å². The first kappa shape index (κ1) is 12.3. The van der Waals surface area contributed by atoms with Gasteiger partial charge in [0.15, 0.2) is 9.84 Å². The summed E-state index contributed by atoms with van der Waals surface area (Å²) in [4.78, 5) is 8.16. The van der Waals surface area contributed by atoms with Crippen LogP contribution >= 0.6 is 0 Å². The summed E-state index contributed by atoms with van der Waals surface area (Å²) in [6, 6.07) is 1.46. The lowest BCUT2D eigenvalue weighted by atomic mass is 10.2. The average Bonchev–Trinajstić information content (AvgIpc) is 2.53. The Morgan fingerprint density at radius 3 is 2.88 bits per heavy atom. The molecule has 0 bridgehead atoms. The van der Waals surface area contributed by atoms with Gasteiger partial charge in [0, 0.05) is 13.3 Å². The second kappa shape index (κ2) is 4.58. The zero-order valence-corrected chi connectivity index (χ0v) is 10.6. The molecule has 1 aromatic heterocycles. The fourth-order valence-electron chi connectivity index (χ4n) is 1.91. The molecule has 6 nitrogen and oxygen atoms in total. The van der Waals surface area contributed by atoms with Crippen LogP contribution in [0.15, 0.2) is 12.3 Å². The minimum Gasteiger partial charge on any atom is -0.378 e. The van der Waals surface area contributed by atoms with Gasteiger partial charge in [0.1, 0.15) is 11.6 Å². The minimum absolute atomic E-state index is 0.0607. The van der Waals surface area contributed by atoms with Crippen LogP contribution in [0.5, 0.6) is 0 Å². The molecule has 1 aliphatic rings. The molecule has 0 spiro atoms. The molecule has 2 atom stereocenters. The van der Waals surface area contributed by atoms with E-state index in [0.717, 1.165) is 0 Å². The number of aromatic nitrogens is 2. The van der Waals surface area contributed by atoms with Crippen LogP contribution in [0.25, 0.3) is 0 Å². The van der Waals surface area contributed by atoms with Gasteiger partial charge in [-0.2, -0.15) is 0 Å². The molecule has 1 aliphatic heterocycles. The maximum absolute atomic E-state index is 11.5. The molecule has 0 radical (unpaired) electrons. The van der Waals surface area contributed by atoms with Crippen molar-refractivity contribution in [1.82, 2.24) is 9.97 Å². The summed E-state index contributed by atoms with van der Waals surface area (Å²) >= 11 is 0. The Morgan fingerprint density at radius 1 is 1.47 bits per heavy atom. The van der Waals surface area contributed by atoms with Crippen LogP contribution in [0, 0.1) is 6.92 Å². The zero-order valence-electron chi connectivity index (χ0n) is 9.75. The smallest absolute Gasteiger partial charge is 0.155 e. The third-order valence-electron chi connectivity index (χ3n) is 2.71. The van der Waals surface area contributed by atoms with Gasteiger partial charge in [0.2, 0.25) is 0 Å². The van der Waals surface area contributed by atoms with E-state index in [2.05, 4.69) is 15.3 Å². The first-order valence-corrected chi connectivity index (χ1v) is 7.12. The predicted molar refractivity (Wildman–Crippen MR) is 63.6 cm³/mol. The van der Waals surface area contributed by atoms with Crippen LogP contribution in [0.3, 0.4) is 0 Å². The Labute approximate surface area is 100 Å². The van der Waals surface area contributed by atoms with Crippen molar-refractivity contribution >= 4 is 15.7 Å². The normalized spacial score (nSPS) is 26.9. The molecule has 1 N–H and O–H groups in total. The maximum atomic E-state index is 11.5. The number of rotatable bonds is 3. The molecule has 1 fully saturated rings. The second-order valence-electron chi connectivity index (χ2n) is 4.09. The van der Waals surface area contributed by atoms with Gasteiger partial charge in [0.05, 0.1) is 23.7 Å². The van der Waals surface area contributed by atoms with E-state index >= 15 is 0 Å². The highest BCUT2D eigenvalue weighted by molar-refractivity contribution is 7.91. The molecule has 0 aliphatic carbocycles. The standard InChI is InChI=1S/C10H15N3O3S/c1-7-11-4-3-10(12-7)13-8-5-17(14,15)6-9(8)16-2/h3-4,8-9H,5-6H2,1-2H3,(H,11,12,13)/t8-,9-/m1/s1. The highest BCUT2D eigenvalue weighted by atomic mass is 32.2. The molecule has 17 heavy (non-hydrogen) atoms. The molecule has 0 unspecified atom stereocenters. The number of hydrogen-bond donors (Lipinski definition) is 1. The summed E-state index contributed by atoms with van der Waals surface area (Å²) in [5, 5.41) is 3.08. The number of nitrogens with one attached hydrogen (secondary N) is 1. The summed E-state index contributed by atoms with van der Waals surface area (Å²) in [5.74, 6) is 1.41. The molecule has 1 aromatic rings. The maximum Gasteiger partial charge on any atom is 0.155 e. The van der Waals surface area contributed by atoms with E-state index in [9.17, 15) is 8.42 Å². The molecule has 2 rings (SSSR count). The summed E-state index contributed by atoms with van der Waals surface area (Å²) in [7, 11) is -1.50. The molecular weight excluding hydrogens is 242 g/mol. The molecule has 0 saturated carbocycles. The van der Waals surface area contributed by atoms with Gasteiger partial charge >= 0.3 is 0 Å². The number of nitrogens with zero attached hydrogens (tertiary/aromatic N) is 2. The van der Waals surface area contributed by atoms with Crippen LogP contribution in [-0.2, 0) is 14.6 Å². The molecule has 7 heteroatoms. The Balaban J connectivity index is 2.13. The minimum atomic E-state index is -3.02. The third kappa shape index (κ3) is 2.92. The molecule has 2 heterocycles. The number of anilines is 1. The molecule has 94 valence electrons. The van der Waals surface area contributed by atoms with Crippen molar-refractivity contribution in [1.29, 1.82) is 0 Å². The Morgan fingerprint density at radius 2 is 2.24 bits per heavy atom. The highest BCUT2D eigenvalue weighted by Gasteiger charge is 2.37. The Bertz CT molecular complexity index is 503. The van der Waals surface area contributed by atoms with Crippen LogP contribution < -0.4 is 5.32 Å². The summed E-state index contributed by atoms with van der Waals surface area (Å²) in [5.41, 5.74) is 0. The van der Waals surface area contributed by atoms with E-state index < -0.39 is 9.84 Å². The fraction of sp³-hybridized carbons (Fsp3) is 0.600. The van der Waals surface area contributed by atoms with Gasteiger partial charge < -0.3 is 10.1 Å². The van der Waals surface area contributed by atoms with Crippen LogP contribution in [0.2, 0.25) is 0 Å². The molecule has 0 amide bonds. The van der Waals surface area contributed by atoms with E-state index in [1.165, 1.54) is 7.11 Å². The monoisotopic (exact) mass is 257 g/mol. The van der Waals surface area contributed by atoms with E-state index in [1.807, 2.05) is 0 Å². The van der Waals surface area contributed by atoms with E-state index in [4.69, 9.17) is 4.74 Å². The van der Waals surface area contributed by atoms with Crippen molar-refractivity contribution in [3.8, 4) is 0 Å². The fourth-order valence-corrected chi connectivity index (χ4v) is 3.76. The topological polar surface area (TPSA) is 81.2 Å². The first-order valence-electron chi connectivity index (χ1n) is 5.29. The lowest BCUT2D eigenvalue weighted by molar-refractivity contribution is 0.115. The highest BCUT2D eigenvalue weighted by Crippen LogP contribution is 2.18. The first-order chi connectivity index (χ1) is 8.00. The van der Waals surface area contributed by atoms with Gasteiger partial charge in [0.25, 0.3) is 0 Å². The third-order valence-corrected chi connectivity index (χ3v) is 4.42. The summed E-state index contributed by atoms with van der Waals surface area (Å²) in [6.45, 7) is 1.78.